The molecule has 0 aromatic rings. The van der Waals surface area contributed by atoms with Gasteiger partial charge in [-0.15, -0.1) is 0 Å². The van der Waals surface area contributed by atoms with Crippen molar-refractivity contribution >= 4 is 5.91 Å². The summed E-state index contributed by atoms with van der Waals surface area (Å²) in [6, 6.07) is 2.22. The molecule has 0 saturated carbocycles. The Morgan fingerprint density at radius 2 is 2.12 bits per heavy atom. The van der Waals surface area contributed by atoms with Crippen molar-refractivity contribution in [1.82, 2.24) is 4.90 Å². The van der Waals surface area contributed by atoms with Crippen molar-refractivity contribution < 1.29 is 9.53 Å². The summed E-state index contributed by atoms with van der Waals surface area (Å²) in [5.41, 5.74) is -0.830. The van der Waals surface area contributed by atoms with Crippen molar-refractivity contribution in [3.05, 3.63) is 12.2 Å². The normalized spacial score (nSPS) is 23.8. The van der Waals surface area contributed by atoms with Crippen LogP contribution in [0.3, 0.4) is 0 Å². The largest absolute Gasteiger partial charge is 0.381 e. The number of carbonyl (C=O) groups is 1. The maximum atomic E-state index is 12.3. The molecule has 0 aromatic heterocycles. The molecule has 16 heavy (non-hydrogen) atoms. The van der Waals surface area contributed by atoms with Gasteiger partial charge in [0.15, 0.2) is 0 Å². The fraction of sp³-hybridized carbons (Fsp3) is 0.667. The van der Waals surface area contributed by atoms with E-state index in [4.69, 9.17) is 4.74 Å². The second kappa shape index (κ2) is 4.67. The summed E-state index contributed by atoms with van der Waals surface area (Å²) in [5, 5.41) is 9.27. The lowest BCUT2D eigenvalue weighted by Crippen LogP contribution is -2.47. The standard InChI is InChI=1S/C12H16N2O2/c13-10-12(4-8-16-9-5-12)11(15)14-6-2-1-3-7-14/h1-2H,3-9H2. The topological polar surface area (TPSA) is 53.3 Å². The molecule has 2 aliphatic heterocycles. The van der Waals surface area contributed by atoms with Gasteiger partial charge in [0.1, 0.15) is 5.41 Å². The van der Waals surface area contributed by atoms with Crippen LogP contribution in [-0.4, -0.2) is 37.1 Å². The van der Waals surface area contributed by atoms with E-state index < -0.39 is 5.41 Å². The maximum absolute atomic E-state index is 12.3. The molecule has 0 N–H and O–H groups in total. The summed E-state index contributed by atoms with van der Waals surface area (Å²) >= 11 is 0. The number of nitriles is 1. The molecule has 1 amide bonds. The Labute approximate surface area is 95.5 Å². The lowest BCUT2D eigenvalue weighted by Gasteiger charge is -2.35. The molecule has 0 bridgehead atoms. The summed E-state index contributed by atoms with van der Waals surface area (Å²) in [6.45, 7) is 2.41. The lowest BCUT2D eigenvalue weighted by molar-refractivity contribution is -0.143. The van der Waals surface area contributed by atoms with E-state index in [-0.39, 0.29) is 5.91 Å². The number of ether oxygens (including phenoxy) is 1. The molecule has 0 spiro atoms. The molecule has 86 valence electrons. The van der Waals surface area contributed by atoms with Crippen LogP contribution in [0.2, 0.25) is 0 Å². The summed E-state index contributed by atoms with van der Waals surface area (Å²) in [5.74, 6) is -0.0114. The summed E-state index contributed by atoms with van der Waals surface area (Å²) in [7, 11) is 0. The fourth-order valence-electron chi connectivity index (χ4n) is 2.22. The Morgan fingerprint density at radius 1 is 1.38 bits per heavy atom. The van der Waals surface area contributed by atoms with Crippen LogP contribution in [0.5, 0.6) is 0 Å². The van der Waals surface area contributed by atoms with Gasteiger partial charge in [-0.3, -0.25) is 4.79 Å². The minimum absolute atomic E-state index is 0.0114. The van der Waals surface area contributed by atoms with E-state index in [2.05, 4.69) is 12.1 Å². The van der Waals surface area contributed by atoms with Gasteiger partial charge in [-0.2, -0.15) is 5.26 Å². The number of amides is 1. The Morgan fingerprint density at radius 3 is 2.69 bits per heavy atom. The van der Waals surface area contributed by atoms with Crippen LogP contribution < -0.4 is 0 Å². The lowest BCUT2D eigenvalue weighted by atomic mass is 9.80. The highest BCUT2D eigenvalue weighted by Gasteiger charge is 2.42. The highest BCUT2D eigenvalue weighted by atomic mass is 16.5. The molecule has 2 aliphatic rings. The Balaban J connectivity index is 2.11. The molecule has 0 atom stereocenters. The summed E-state index contributed by atoms with van der Waals surface area (Å²) < 4.78 is 5.23. The average Bonchev–Trinajstić information content (AvgIpc) is 2.39. The third-order valence-corrected chi connectivity index (χ3v) is 3.32. The number of carbonyl (C=O) groups excluding carboxylic acids is 1. The molecule has 0 unspecified atom stereocenters. The predicted molar refractivity (Wildman–Crippen MR) is 58.4 cm³/mol. The van der Waals surface area contributed by atoms with Crippen LogP contribution in [-0.2, 0) is 9.53 Å². The zero-order chi connectivity index (χ0) is 11.4. The molecule has 2 rings (SSSR count). The van der Waals surface area contributed by atoms with E-state index in [0.717, 1.165) is 13.0 Å². The predicted octanol–water partition coefficient (Wildman–Crippen LogP) is 1.10. The quantitative estimate of drug-likeness (QED) is 0.622. The van der Waals surface area contributed by atoms with Gasteiger partial charge in [0.05, 0.1) is 6.07 Å². The highest BCUT2D eigenvalue weighted by Crippen LogP contribution is 2.32. The van der Waals surface area contributed by atoms with Crippen LogP contribution in [0, 0.1) is 16.7 Å². The highest BCUT2D eigenvalue weighted by molar-refractivity contribution is 5.85. The third kappa shape index (κ3) is 1.96. The van der Waals surface area contributed by atoms with Crippen molar-refractivity contribution in [3.8, 4) is 6.07 Å². The Bertz CT molecular complexity index is 337. The second-order valence-corrected chi connectivity index (χ2v) is 4.32. The van der Waals surface area contributed by atoms with Gasteiger partial charge in [0.25, 0.3) is 0 Å². The van der Waals surface area contributed by atoms with Gasteiger partial charge in [-0.05, 0) is 19.3 Å². The van der Waals surface area contributed by atoms with Gasteiger partial charge in [0, 0.05) is 26.3 Å². The number of hydrogen-bond donors (Lipinski definition) is 0. The van der Waals surface area contributed by atoms with Crippen molar-refractivity contribution in [2.24, 2.45) is 5.41 Å². The van der Waals surface area contributed by atoms with Crippen LogP contribution >= 0.6 is 0 Å². The first-order valence-electron chi connectivity index (χ1n) is 5.72. The molecule has 2 heterocycles. The Hall–Kier alpha value is -1.34. The van der Waals surface area contributed by atoms with Crippen LogP contribution in [0.1, 0.15) is 19.3 Å². The van der Waals surface area contributed by atoms with Crippen molar-refractivity contribution in [1.29, 1.82) is 5.26 Å². The molecular weight excluding hydrogens is 204 g/mol. The van der Waals surface area contributed by atoms with E-state index in [1.807, 2.05) is 6.08 Å². The van der Waals surface area contributed by atoms with Gasteiger partial charge in [0.2, 0.25) is 5.91 Å². The minimum Gasteiger partial charge on any atom is -0.381 e. The van der Waals surface area contributed by atoms with E-state index in [0.29, 0.717) is 32.6 Å². The van der Waals surface area contributed by atoms with E-state index in [9.17, 15) is 10.1 Å². The van der Waals surface area contributed by atoms with Gasteiger partial charge >= 0.3 is 0 Å². The van der Waals surface area contributed by atoms with Crippen LogP contribution in [0.15, 0.2) is 12.2 Å². The molecule has 1 saturated heterocycles. The van der Waals surface area contributed by atoms with E-state index in [1.54, 1.807) is 4.90 Å². The molecule has 0 radical (unpaired) electrons. The summed E-state index contributed by atoms with van der Waals surface area (Å²) in [4.78, 5) is 14.1. The molecule has 4 nitrogen and oxygen atoms in total. The average molecular weight is 220 g/mol. The second-order valence-electron chi connectivity index (χ2n) is 4.32. The summed E-state index contributed by atoms with van der Waals surface area (Å²) in [6.07, 6.45) is 6.02. The molecular formula is C12H16N2O2. The number of hydrogen-bond acceptors (Lipinski definition) is 3. The van der Waals surface area contributed by atoms with Crippen LogP contribution in [0.4, 0.5) is 0 Å². The SMILES string of the molecule is N#CC1(C(=O)N2CC=CCC2)CCOCC1. The fourth-order valence-corrected chi connectivity index (χ4v) is 2.22. The van der Waals surface area contributed by atoms with Gasteiger partial charge < -0.3 is 9.64 Å². The third-order valence-electron chi connectivity index (χ3n) is 3.32. The van der Waals surface area contributed by atoms with Gasteiger partial charge in [-0.25, -0.2) is 0 Å². The first kappa shape index (κ1) is 11.2. The first-order chi connectivity index (χ1) is 7.78. The van der Waals surface area contributed by atoms with Gasteiger partial charge in [-0.1, -0.05) is 12.2 Å². The monoisotopic (exact) mass is 220 g/mol. The molecule has 0 aliphatic carbocycles. The van der Waals surface area contributed by atoms with Crippen molar-refractivity contribution in [2.45, 2.75) is 19.3 Å². The van der Waals surface area contributed by atoms with Crippen molar-refractivity contribution in [3.63, 3.8) is 0 Å². The Kier molecular flexibility index (Phi) is 3.25. The maximum Gasteiger partial charge on any atom is 0.243 e. The number of rotatable bonds is 1. The molecule has 4 heteroatoms. The van der Waals surface area contributed by atoms with Crippen molar-refractivity contribution in [2.75, 3.05) is 26.3 Å². The zero-order valence-electron chi connectivity index (χ0n) is 9.32. The van der Waals surface area contributed by atoms with Crippen LogP contribution in [0.25, 0.3) is 0 Å². The molecule has 0 aromatic carbocycles. The smallest absolute Gasteiger partial charge is 0.243 e. The number of nitrogens with zero attached hydrogens (tertiary/aromatic N) is 2. The first-order valence-corrected chi connectivity index (χ1v) is 5.72. The minimum atomic E-state index is -0.830. The van der Waals surface area contributed by atoms with E-state index >= 15 is 0 Å². The zero-order valence-corrected chi connectivity index (χ0v) is 9.32. The van der Waals surface area contributed by atoms with E-state index in [1.165, 1.54) is 0 Å². The molecule has 1 fully saturated rings.